The molecule has 1 nitrogen and oxygen atoms in total. The molecule has 0 aliphatic heterocycles. The molecule has 0 fully saturated rings. The first-order valence-electron chi connectivity index (χ1n) is 12.0. The molecule has 2 aromatic carbocycles. The van der Waals surface area contributed by atoms with Crippen LogP contribution in [0, 0.1) is 13.8 Å². The molecule has 1 heterocycles. The summed E-state index contributed by atoms with van der Waals surface area (Å²) in [6.07, 6.45) is 0. The Morgan fingerprint density at radius 2 is 1.21 bits per heavy atom. The Morgan fingerprint density at radius 1 is 0.588 bits per heavy atom. The van der Waals surface area contributed by atoms with E-state index >= 15 is 0 Å². The zero-order chi connectivity index (χ0) is 23.9. The minimum atomic E-state index is 0.00120. The van der Waals surface area contributed by atoms with Crippen molar-refractivity contribution < 1.29 is 4.42 Å². The summed E-state index contributed by atoms with van der Waals surface area (Å²) in [6.45, 7) is 11.2. The molecule has 0 N–H and O–H groups in total. The number of rotatable bonds is 3. The van der Waals surface area contributed by atoms with Crippen LogP contribution in [0.5, 0.6) is 0 Å². The van der Waals surface area contributed by atoms with Crippen molar-refractivity contribution in [2.24, 2.45) is 0 Å². The topological polar surface area (TPSA) is 11.3 Å². The van der Waals surface area contributed by atoms with Gasteiger partial charge in [0.05, 0.1) is 22.8 Å². The number of hydrogen-bond acceptors (Lipinski definition) is 0. The fourth-order valence-electron chi connectivity index (χ4n) is 4.73. The van der Waals surface area contributed by atoms with Crippen LogP contribution < -0.4 is 0 Å². The van der Waals surface area contributed by atoms with Crippen molar-refractivity contribution in [1.29, 1.82) is 0 Å². The number of benzene rings is 2. The van der Waals surface area contributed by atoms with Gasteiger partial charge in [-0.2, -0.15) is 0 Å². The van der Waals surface area contributed by atoms with Crippen LogP contribution in [0.3, 0.4) is 0 Å². The zero-order valence-electron chi connectivity index (χ0n) is 20.6. The lowest BCUT2D eigenvalue weighted by Gasteiger charge is -2.21. The normalized spacial score (nSPS) is 11.7. The van der Waals surface area contributed by atoms with Crippen molar-refractivity contribution in [3.8, 4) is 44.9 Å². The summed E-state index contributed by atoms with van der Waals surface area (Å²) < 4.78 is 6.59. The number of fused-ring (bicyclic) bond motifs is 1. The lowest BCUT2D eigenvalue weighted by molar-refractivity contribution is 0.577. The van der Waals surface area contributed by atoms with Gasteiger partial charge in [-0.05, 0) is 71.8 Å². The van der Waals surface area contributed by atoms with Gasteiger partial charge < -0.3 is 0 Å². The molecule has 0 atom stereocenters. The Kier molecular flexibility index (Phi) is 5.57. The van der Waals surface area contributed by atoms with E-state index in [0.717, 1.165) is 28.2 Å². The van der Waals surface area contributed by atoms with Crippen molar-refractivity contribution in [1.82, 2.24) is 0 Å². The highest BCUT2D eigenvalue weighted by atomic mass is 16.3. The molecule has 0 radical (unpaired) electrons. The molecule has 1 aromatic heterocycles. The highest BCUT2D eigenvalue weighted by molar-refractivity contribution is 5.93. The highest BCUT2D eigenvalue weighted by Gasteiger charge is 2.31. The van der Waals surface area contributed by atoms with Crippen molar-refractivity contribution in [3.05, 3.63) is 114 Å². The number of hydrogen-bond donors (Lipinski definition) is 0. The van der Waals surface area contributed by atoms with Gasteiger partial charge in [-0.3, -0.25) is 0 Å². The van der Waals surface area contributed by atoms with Crippen LogP contribution >= 0.6 is 0 Å². The van der Waals surface area contributed by atoms with E-state index in [0.29, 0.717) is 0 Å². The second-order valence-electron chi connectivity index (χ2n) is 10.2. The van der Waals surface area contributed by atoms with E-state index < -0.39 is 0 Å². The summed E-state index contributed by atoms with van der Waals surface area (Å²) in [4.78, 5) is 0. The Labute approximate surface area is 203 Å². The molecule has 3 aromatic rings. The average molecular weight is 444 g/mol. The van der Waals surface area contributed by atoms with Crippen LogP contribution in [0.15, 0.2) is 101 Å². The summed E-state index contributed by atoms with van der Waals surface area (Å²) in [6, 6.07) is 34.4. The third-order valence-corrected chi connectivity index (χ3v) is 6.59. The minimum Gasteiger partial charge on any atom is -0.206 e. The maximum Gasteiger partial charge on any atom is 0.364 e. The first kappa shape index (κ1) is 22.1. The summed E-state index contributed by atoms with van der Waals surface area (Å²) in [5.74, 6) is 1.80. The van der Waals surface area contributed by atoms with Gasteiger partial charge in [0.25, 0.3) is 0 Å². The Morgan fingerprint density at radius 3 is 1.85 bits per heavy atom. The second-order valence-corrected chi connectivity index (χ2v) is 10.2. The van der Waals surface area contributed by atoms with Gasteiger partial charge in [0.2, 0.25) is 0 Å². The Bertz CT molecular complexity index is 1420. The van der Waals surface area contributed by atoms with E-state index in [1.165, 1.54) is 33.4 Å². The van der Waals surface area contributed by atoms with E-state index in [-0.39, 0.29) is 5.41 Å². The maximum absolute atomic E-state index is 6.59. The summed E-state index contributed by atoms with van der Waals surface area (Å²) in [5.41, 5.74) is 11.0. The Balaban J connectivity index is 1.88. The molecule has 0 saturated heterocycles. The van der Waals surface area contributed by atoms with Crippen molar-refractivity contribution in [2.45, 2.75) is 40.0 Å². The predicted molar refractivity (Wildman–Crippen MR) is 144 cm³/mol. The molecule has 34 heavy (non-hydrogen) atoms. The molecule has 0 amide bonds. The van der Waals surface area contributed by atoms with Gasteiger partial charge in [0, 0.05) is 5.56 Å². The van der Waals surface area contributed by atoms with Gasteiger partial charge in [0.1, 0.15) is 0 Å². The third kappa shape index (κ3) is 4.03. The first-order chi connectivity index (χ1) is 16.3. The summed E-state index contributed by atoms with van der Waals surface area (Å²) in [7, 11) is 0. The fourth-order valence-corrected chi connectivity index (χ4v) is 4.73. The van der Waals surface area contributed by atoms with Crippen LogP contribution in [0.1, 0.15) is 37.5 Å². The first-order valence-corrected chi connectivity index (χ1v) is 12.0. The molecule has 0 bridgehead atoms. The van der Waals surface area contributed by atoms with Crippen LogP contribution in [0.2, 0.25) is 0 Å². The number of aryl methyl sites for hydroxylation is 1. The van der Waals surface area contributed by atoms with Crippen molar-refractivity contribution in [2.75, 3.05) is 0 Å². The monoisotopic (exact) mass is 443 g/mol. The van der Waals surface area contributed by atoms with Crippen LogP contribution in [-0.4, -0.2) is 0 Å². The quantitative estimate of drug-likeness (QED) is 0.253. The van der Waals surface area contributed by atoms with E-state index in [1.54, 1.807) is 0 Å². The molecule has 0 unspecified atom stereocenters. The predicted octanol–water partition coefficient (Wildman–Crippen LogP) is 9.58. The zero-order valence-corrected chi connectivity index (χ0v) is 20.6. The molecule has 0 spiro atoms. The third-order valence-electron chi connectivity index (χ3n) is 6.59. The fraction of sp³-hybridized carbons (Fsp3) is 0.182. The largest absolute Gasteiger partial charge is 0.364 e. The molecule has 2 aliphatic rings. The molecule has 1 heteroatoms. The standard InChI is InChI=1S/C33H31O/c1-22-16-18-26-20-29(33(3,4)5)31(27(26)19-17-22)28-21-30(24-12-8-6-9-13-24)34-32(23(28)2)25-14-10-7-11-15-25/h6-21H,1-5H3/q+1. The lowest BCUT2D eigenvalue weighted by atomic mass is 9.82. The SMILES string of the molecule is Cc1ccc2cc(C(C)(C)C)c(-c3cc(-c4ccccc4)[o+]c(-c4ccccc4)c3C)c-2cc1. The second kappa shape index (κ2) is 8.57. The van der Waals surface area contributed by atoms with Gasteiger partial charge in [-0.25, -0.2) is 4.42 Å². The molecule has 5 rings (SSSR count). The molecular weight excluding hydrogens is 412 g/mol. The lowest BCUT2D eigenvalue weighted by Crippen LogP contribution is -2.11. The van der Waals surface area contributed by atoms with Crippen molar-refractivity contribution >= 4 is 0 Å². The Hall–Kier alpha value is -3.71. The van der Waals surface area contributed by atoms with E-state index in [4.69, 9.17) is 4.42 Å². The molecule has 168 valence electrons. The molecular formula is C33H31O+. The van der Waals surface area contributed by atoms with Crippen LogP contribution in [-0.2, 0) is 5.41 Å². The highest BCUT2D eigenvalue weighted by Crippen LogP contribution is 2.47. The van der Waals surface area contributed by atoms with E-state index in [9.17, 15) is 0 Å². The average Bonchev–Trinajstić information content (AvgIpc) is 3.11. The maximum atomic E-state index is 6.59. The van der Waals surface area contributed by atoms with Crippen LogP contribution in [0.25, 0.3) is 44.9 Å². The van der Waals surface area contributed by atoms with Gasteiger partial charge in [-0.1, -0.05) is 87.0 Å². The van der Waals surface area contributed by atoms with E-state index in [1.807, 2.05) is 12.1 Å². The smallest absolute Gasteiger partial charge is 0.206 e. The van der Waals surface area contributed by atoms with E-state index in [2.05, 4.69) is 120 Å². The van der Waals surface area contributed by atoms with Crippen molar-refractivity contribution in [3.63, 3.8) is 0 Å². The van der Waals surface area contributed by atoms with Gasteiger partial charge in [0.15, 0.2) is 0 Å². The summed E-state index contributed by atoms with van der Waals surface area (Å²) in [5, 5.41) is 0. The van der Waals surface area contributed by atoms with Gasteiger partial charge in [-0.15, -0.1) is 0 Å². The minimum absolute atomic E-state index is 0.00120. The molecule has 0 saturated carbocycles. The van der Waals surface area contributed by atoms with Crippen LogP contribution in [0.4, 0.5) is 0 Å². The van der Waals surface area contributed by atoms with Gasteiger partial charge >= 0.3 is 11.5 Å². The summed E-state index contributed by atoms with van der Waals surface area (Å²) >= 11 is 0. The molecule has 2 aliphatic carbocycles.